The average Bonchev–Trinajstić information content (AvgIpc) is 3.48. The van der Waals surface area contributed by atoms with E-state index in [2.05, 4.69) is 20.5 Å². The minimum absolute atomic E-state index is 0.00870. The highest BCUT2D eigenvalue weighted by Crippen LogP contribution is 2.20. The highest BCUT2D eigenvalue weighted by atomic mass is 16.5. The number of nitrogens with one attached hydrogen (secondary N) is 1. The van der Waals surface area contributed by atoms with E-state index in [1.165, 1.54) is 19.5 Å². The number of hydrogen-bond donors (Lipinski definition) is 2. The summed E-state index contributed by atoms with van der Waals surface area (Å²) in [7, 11) is 3.06. The third kappa shape index (κ3) is 8.61. The smallest absolute Gasteiger partial charge is 0.322 e. The Morgan fingerprint density at radius 3 is 2.56 bits per heavy atom. The van der Waals surface area contributed by atoms with Crippen LogP contribution in [-0.4, -0.2) is 78.3 Å². The maximum absolute atomic E-state index is 13.2. The van der Waals surface area contributed by atoms with Crippen molar-refractivity contribution in [1.29, 1.82) is 0 Å². The molecule has 1 fully saturated rings. The highest BCUT2D eigenvalue weighted by molar-refractivity contribution is 5.93. The zero-order chi connectivity index (χ0) is 29.0. The van der Waals surface area contributed by atoms with Crippen LogP contribution in [0.4, 0.5) is 0 Å². The fourth-order valence-electron chi connectivity index (χ4n) is 4.23. The minimum Gasteiger partial charge on any atom is -0.489 e. The number of aliphatic carboxylic acids is 1. The molecule has 0 bridgehead atoms. The lowest BCUT2D eigenvalue weighted by Crippen LogP contribution is -2.31. The summed E-state index contributed by atoms with van der Waals surface area (Å²) in [4.78, 5) is 29.9. The standard InChI is InChI=1S/C30H33N5O6/c1-39-25-12-13-35(19-25)30(38)26-15-23(27(34-33-26)16-32-28(40-2)17-31-18-29(36)37)14-21-8-10-24(11-9-21)41-20-22-6-4-3-5-7-22/h3-11,15-17,25,31H,12-14,18-20H2,1-2H3,(H,36,37). The van der Waals surface area contributed by atoms with E-state index in [1.807, 2.05) is 54.6 Å². The maximum atomic E-state index is 13.2. The predicted octanol–water partition coefficient (Wildman–Crippen LogP) is 3.05. The van der Waals surface area contributed by atoms with Gasteiger partial charge >= 0.3 is 5.97 Å². The summed E-state index contributed by atoms with van der Waals surface area (Å²) >= 11 is 0. The Kier molecular flexibility index (Phi) is 10.4. The van der Waals surface area contributed by atoms with Crippen LogP contribution < -0.4 is 10.1 Å². The monoisotopic (exact) mass is 559 g/mol. The number of aromatic nitrogens is 2. The van der Waals surface area contributed by atoms with Crippen LogP contribution in [0.15, 0.2) is 77.7 Å². The third-order valence-electron chi connectivity index (χ3n) is 6.46. The largest absolute Gasteiger partial charge is 0.489 e. The van der Waals surface area contributed by atoms with Gasteiger partial charge in [0.2, 0.25) is 5.88 Å². The molecule has 1 amide bonds. The summed E-state index contributed by atoms with van der Waals surface area (Å²) in [6.45, 7) is 1.28. The number of amides is 1. The van der Waals surface area contributed by atoms with Gasteiger partial charge in [-0.25, -0.2) is 4.99 Å². The van der Waals surface area contributed by atoms with E-state index in [4.69, 9.17) is 19.3 Å². The van der Waals surface area contributed by atoms with Crippen molar-refractivity contribution in [2.45, 2.75) is 25.6 Å². The van der Waals surface area contributed by atoms with Crippen molar-refractivity contribution < 1.29 is 28.9 Å². The van der Waals surface area contributed by atoms with Gasteiger partial charge in [0.05, 0.1) is 25.6 Å². The first-order valence-electron chi connectivity index (χ1n) is 13.1. The molecule has 11 nitrogen and oxygen atoms in total. The van der Waals surface area contributed by atoms with Crippen molar-refractivity contribution in [2.75, 3.05) is 33.9 Å². The van der Waals surface area contributed by atoms with E-state index in [-0.39, 0.29) is 30.1 Å². The van der Waals surface area contributed by atoms with Crippen molar-refractivity contribution in [3.05, 3.63) is 101 Å². The number of rotatable bonds is 13. The zero-order valence-corrected chi connectivity index (χ0v) is 23.0. The van der Waals surface area contributed by atoms with Crippen LogP contribution >= 0.6 is 0 Å². The summed E-state index contributed by atoms with van der Waals surface area (Å²) in [5.74, 6) is -0.322. The van der Waals surface area contributed by atoms with Gasteiger partial charge in [-0.1, -0.05) is 42.5 Å². The van der Waals surface area contributed by atoms with E-state index in [0.717, 1.165) is 28.9 Å². The van der Waals surface area contributed by atoms with Crippen molar-refractivity contribution in [3.8, 4) is 5.75 Å². The van der Waals surface area contributed by atoms with E-state index >= 15 is 0 Å². The summed E-state index contributed by atoms with van der Waals surface area (Å²) in [6, 6.07) is 19.4. The number of hydrogen-bond acceptors (Lipinski definition) is 9. The number of methoxy groups -OCH3 is 2. The van der Waals surface area contributed by atoms with Crippen LogP contribution in [0, 0.1) is 0 Å². The molecule has 11 heteroatoms. The van der Waals surface area contributed by atoms with Crippen LogP contribution in [0.2, 0.25) is 0 Å². The Hall–Kier alpha value is -4.77. The second kappa shape index (κ2) is 14.6. The van der Waals surface area contributed by atoms with E-state index < -0.39 is 5.97 Å². The number of carbonyl (C=O) groups is 2. The molecule has 1 aliphatic heterocycles. The summed E-state index contributed by atoms with van der Waals surface area (Å²) in [5.41, 5.74) is 3.48. The average molecular weight is 560 g/mol. The third-order valence-corrected chi connectivity index (χ3v) is 6.46. The number of carbonyl (C=O) groups excluding carboxylic acids is 1. The lowest BCUT2D eigenvalue weighted by atomic mass is 10.0. The molecule has 0 spiro atoms. The zero-order valence-electron chi connectivity index (χ0n) is 23.0. The second-order valence-electron chi connectivity index (χ2n) is 9.35. The summed E-state index contributed by atoms with van der Waals surface area (Å²) in [5, 5.41) is 19.9. The summed E-state index contributed by atoms with van der Waals surface area (Å²) in [6.07, 6.45) is 4.06. The molecule has 41 heavy (non-hydrogen) atoms. The first-order chi connectivity index (χ1) is 19.9. The molecule has 2 heterocycles. The first kappa shape index (κ1) is 29.2. The maximum Gasteiger partial charge on any atom is 0.322 e. The second-order valence-corrected chi connectivity index (χ2v) is 9.35. The fourth-order valence-corrected chi connectivity index (χ4v) is 4.23. The van der Waals surface area contributed by atoms with Crippen LogP contribution in [0.5, 0.6) is 5.75 Å². The van der Waals surface area contributed by atoms with Gasteiger partial charge in [-0.3, -0.25) is 9.59 Å². The lowest BCUT2D eigenvalue weighted by molar-refractivity contribution is -0.135. The normalized spacial score (nSPS) is 15.2. The van der Waals surface area contributed by atoms with Gasteiger partial charge in [-0.15, -0.1) is 10.2 Å². The molecular formula is C30H33N5O6. The fraction of sp³-hybridized carbons (Fsp3) is 0.300. The van der Waals surface area contributed by atoms with Gasteiger partial charge in [-0.05, 0) is 47.7 Å². The molecule has 1 saturated heterocycles. The highest BCUT2D eigenvalue weighted by Gasteiger charge is 2.28. The van der Waals surface area contributed by atoms with Crippen molar-refractivity contribution in [3.63, 3.8) is 0 Å². The van der Waals surface area contributed by atoms with Gasteiger partial charge in [-0.2, -0.15) is 0 Å². The van der Waals surface area contributed by atoms with Crippen LogP contribution in [0.25, 0.3) is 0 Å². The van der Waals surface area contributed by atoms with Crippen LogP contribution in [0.1, 0.15) is 39.3 Å². The van der Waals surface area contributed by atoms with Gasteiger partial charge in [0, 0.05) is 20.2 Å². The predicted molar refractivity (Wildman–Crippen MR) is 152 cm³/mol. The first-order valence-corrected chi connectivity index (χ1v) is 13.1. The number of carboxylic acid groups (broad SMARTS) is 1. The molecule has 214 valence electrons. The van der Waals surface area contributed by atoms with Crippen molar-refractivity contribution in [2.24, 2.45) is 4.99 Å². The molecule has 1 unspecified atom stereocenters. The van der Waals surface area contributed by atoms with Gasteiger partial charge in [0.25, 0.3) is 5.91 Å². The Balaban J connectivity index is 1.53. The minimum atomic E-state index is -1.01. The number of likely N-dealkylation sites (tertiary alicyclic amines) is 1. The molecule has 4 rings (SSSR count). The number of aliphatic imine (C=N–C) groups is 1. The van der Waals surface area contributed by atoms with Gasteiger partial charge in [0.15, 0.2) is 5.69 Å². The molecule has 1 atom stereocenters. The summed E-state index contributed by atoms with van der Waals surface area (Å²) < 4.78 is 16.5. The van der Waals surface area contributed by atoms with Crippen molar-refractivity contribution >= 4 is 18.1 Å². The molecule has 1 aromatic heterocycles. The van der Waals surface area contributed by atoms with Crippen LogP contribution in [-0.2, 0) is 27.3 Å². The lowest BCUT2D eigenvalue weighted by Gasteiger charge is -2.16. The quantitative estimate of drug-likeness (QED) is 0.239. The van der Waals surface area contributed by atoms with E-state index in [9.17, 15) is 9.59 Å². The molecule has 0 saturated carbocycles. The molecular weight excluding hydrogens is 526 g/mol. The molecule has 1 aliphatic rings. The molecule has 3 aromatic rings. The molecule has 2 N–H and O–H groups in total. The molecule has 2 aromatic carbocycles. The van der Waals surface area contributed by atoms with Gasteiger partial charge < -0.3 is 29.5 Å². The Morgan fingerprint density at radius 2 is 1.88 bits per heavy atom. The van der Waals surface area contributed by atoms with E-state index in [0.29, 0.717) is 31.8 Å². The van der Waals surface area contributed by atoms with Crippen molar-refractivity contribution in [1.82, 2.24) is 20.4 Å². The topological polar surface area (TPSA) is 135 Å². The number of carboxylic acids is 1. The molecule has 0 radical (unpaired) electrons. The Labute approximate surface area is 238 Å². The Bertz CT molecular complexity index is 1380. The Morgan fingerprint density at radius 1 is 1.10 bits per heavy atom. The number of nitrogens with zero attached hydrogens (tertiary/aromatic N) is 4. The van der Waals surface area contributed by atoms with E-state index in [1.54, 1.807) is 18.1 Å². The number of ether oxygens (including phenoxy) is 3. The SMILES string of the molecule is COC(=CNCC(=O)O)N=Cc1nnc(C(=O)N2CCC(OC)C2)cc1Cc1ccc(OCc2ccccc2)cc1. The van der Waals surface area contributed by atoms with Gasteiger partial charge in [0.1, 0.15) is 24.6 Å². The molecule has 0 aliphatic carbocycles. The van der Waals surface area contributed by atoms with Crippen LogP contribution in [0.3, 0.4) is 0 Å². The number of benzene rings is 2.